The van der Waals surface area contributed by atoms with E-state index < -0.39 is 8.01 Å². The van der Waals surface area contributed by atoms with Gasteiger partial charge in [0.05, 0.1) is 0 Å². The standard InChI is InChI=1S/C6H6S3/c7-9(8)6-4-2-1-3-5-6/h1-5,9H. The molecular formula is C6H6S3. The van der Waals surface area contributed by atoms with Crippen molar-refractivity contribution in [3.8, 4) is 0 Å². The molecule has 0 aliphatic rings. The molecule has 3 heteroatoms. The van der Waals surface area contributed by atoms with Crippen LogP contribution < -0.4 is 0 Å². The first-order chi connectivity index (χ1) is 4.30. The second-order valence-electron chi connectivity index (χ2n) is 1.59. The van der Waals surface area contributed by atoms with Crippen LogP contribution in [-0.2, 0) is 30.4 Å². The van der Waals surface area contributed by atoms with E-state index in [-0.39, 0.29) is 0 Å². The first kappa shape index (κ1) is 7.12. The zero-order valence-corrected chi connectivity index (χ0v) is 7.18. The molecule has 0 heterocycles. The minimum absolute atomic E-state index is 0.729. The van der Waals surface area contributed by atoms with Gasteiger partial charge in [-0.05, 0) is 34.5 Å². The third-order valence-corrected chi connectivity index (χ3v) is 2.95. The number of benzene rings is 1. The normalized spacial score (nSPS) is 9.89. The predicted molar refractivity (Wildman–Crippen MR) is 48.2 cm³/mol. The summed E-state index contributed by atoms with van der Waals surface area (Å²) in [6.07, 6.45) is 0. The van der Waals surface area contributed by atoms with E-state index in [1.165, 1.54) is 0 Å². The predicted octanol–water partition coefficient (Wildman–Crippen LogP) is 1.32. The summed E-state index contributed by atoms with van der Waals surface area (Å²) < 4.78 is 0. The van der Waals surface area contributed by atoms with Crippen molar-refractivity contribution in [2.75, 3.05) is 0 Å². The summed E-state index contributed by atoms with van der Waals surface area (Å²) >= 11 is 9.85. The van der Waals surface area contributed by atoms with Crippen molar-refractivity contribution in [1.82, 2.24) is 0 Å². The third-order valence-electron chi connectivity index (χ3n) is 0.967. The number of hydrogen-bond donors (Lipinski definition) is 1. The van der Waals surface area contributed by atoms with Crippen LogP contribution in [0.5, 0.6) is 0 Å². The van der Waals surface area contributed by atoms with Crippen molar-refractivity contribution in [2.24, 2.45) is 0 Å². The summed E-state index contributed by atoms with van der Waals surface area (Å²) in [5.41, 5.74) is 0. The first-order valence-corrected chi connectivity index (χ1v) is 5.87. The van der Waals surface area contributed by atoms with Crippen LogP contribution in [0.25, 0.3) is 0 Å². The van der Waals surface area contributed by atoms with Crippen LogP contribution in [0.3, 0.4) is 0 Å². The molecule has 0 bridgehead atoms. The molecule has 0 atom stereocenters. The van der Waals surface area contributed by atoms with Gasteiger partial charge in [0, 0.05) is 4.90 Å². The van der Waals surface area contributed by atoms with Crippen LogP contribution in [0.2, 0.25) is 0 Å². The Labute approximate surface area is 65.7 Å². The van der Waals surface area contributed by atoms with Crippen LogP contribution in [0.4, 0.5) is 0 Å². The highest BCUT2D eigenvalue weighted by Crippen LogP contribution is 1.98. The summed E-state index contributed by atoms with van der Waals surface area (Å²) in [6.45, 7) is 0. The zero-order valence-electron chi connectivity index (χ0n) is 4.65. The minimum Gasteiger partial charge on any atom is -0.0735 e. The second-order valence-corrected chi connectivity index (χ2v) is 5.51. The molecule has 0 saturated carbocycles. The Balaban J connectivity index is 3.13. The Kier molecular flexibility index (Phi) is 2.57. The van der Waals surface area contributed by atoms with Crippen molar-refractivity contribution in [1.29, 1.82) is 0 Å². The van der Waals surface area contributed by atoms with Crippen molar-refractivity contribution >= 4 is 30.4 Å². The van der Waals surface area contributed by atoms with Gasteiger partial charge in [0.2, 0.25) is 0 Å². The zero-order chi connectivity index (χ0) is 6.69. The molecule has 1 rings (SSSR count). The molecule has 0 aromatic heterocycles. The van der Waals surface area contributed by atoms with E-state index in [2.05, 4.69) is 0 Å². The van der Waals surface area contributed by atoms with Gasteiger partial charge in [-0.3, -0.25) is 0 Å². The van der Waals surface area contributed by atoms with Gasteiger partial charge in [-0.15, -0.1) is 0 Å². The van der Waals surface area contributed by atoms with E-state index in [1.54, 1.807) is 0 Å². The molecule has 0 nitrogen and oxygen atoms in total. The Bertz CT molecular complexity index is 240. The average Bonchev–Trinajstić information content (AvgIpc) is 1.90. The molecule has 0 spiro atoms. The van der Waals surface area contributed by atoms with Crippen molar-refractivity contribution in [2.45, 2.75) is 4.90 Å². The maximum absolute atomic E-state index is 4.92. The Morgan fingerprint density at radius 2 is 1.56 bits per heavy atom. The Morgan fingerprint density at radius 3 is 1.89 bits per heavy atom. The summed E-state index contributed by atoms with van der Waals surface area (Å²) in [7, 11) is -0.729. The minimum atomic E-state index is -0.729. The highest BCUT2D eigenvalue weighted by atomic mass is 33.1. The van der Waals surface area contributed by atoms with Gasteiger partial charge in [0.1, 0.15) is 0 Å². The average molecular weight is 174 g/mol. The molecule has 0 unspecified atom stereocenters. The van der Waals surface area contributed by atoms with Crippen LogP contribution in [0, 0.1) is 0 Å². The lowest BCUT2D eigenvalue weighted by Crippen LogP contribution is -1.72. The van der Waals surface area contributed by atoms with Crippen molar-refractivity contribution in [3.63, 3.8) is 0 Å². The number of hydrogen-bond acceptors (Lipinski definition) is 2. The summed E-state index contributed by atoms with van der Waals surface area (Å²) in [4.78, 5) is 1.11. The lowest BCUT2D eigenvalue weighted by Gasteiger charge is -1.88. The van der Waals surface area contributed by atoms with Gasteiger partial charge >= 0.3 is 0 Å². The maximum atomic E-state index is 4.92. The van der Waals surface area contributed by atoms with Crippen LogP contribution in [-0.4, -0.2) is 0 Å². The van der Waals surface area contributed by atoms with E-state index in [4.69, 9.17) is 22.4 Å². The molecular weight excluding hydrogens is 168 g/mol. The van der Waals surface area contributed by atoms with Crippen LogP contribution in [0.15, 0.2) is 35.2 Å². The van der Waals surface area contributed by atoms with Gasteiger partial charge in [0.25, 0.3) is 0 Å². The lowest BCUT2D eigenvalue weighted by molar-refractivity contribution is 1.48. The van der Waals surface area contributed by atoms with Gasteiger partial charge in [0.15, 0.2) is 0 Å². The van der Waals surface area contributed by atoms with Crippen LogP contribution in [0.1, 0.15) is 0 Å². The summed E-state index contributed by atoms with van der Waals surface area (Å²) in [5, 5.41) is 0. The molecule has 0 aliphatic carbocycles. The Morgan fingerprint density at radius 1 is 1.00 bits per heavy atom. The molecule has 48 valence electrons. The van der Waals surface area contributed by atoms with E-state index in [0.29, 0.717) is 0 Å². The van der Waals surface area contributed by atoms with Crippen molar-refractivity contribution in [3.05, 3.63) is 30.3 Å². The molecule has 0 saturated heterocycles. The fourth-order valence-corrected chi connectivity index (χ4v) is 1.70. The molecule has 1 aromatic carbocycles. The van der Waals surface area contributed by atoms with Gasteiger partial charge in [-0.2, -0.15) is 0 Å². The largest absolute Gasteiger partial charge is 0.0735 e. The third kappa shape index (κ3) is 2.01. The molecule has 9 heavy (non-hydrogen) atoms. The Hall–Kier alpha value is 0.01000. The SMILES string of the molecule is S=[SH](=S)c1ccccc1. The molecule has 1 aromatic rings. The van der Waals surface area contributed by atoms with Gasteiger partial charge in [-0.25, -0.2) is 0 Å². The fraction of sp³-hybridized carbons (Fsp3) is 0. The highest BCUT2D eigenvalue weighted by Gasteiger charge is 1.81. The van der Waals surface area contributed by atoms with E-state index in [9.17, 15) is 0 Å². The molecule has 0 fully saturated rings. The van der Waals surface area contributed by atoms with E-state index in [0.717, 1.165) is 4.90 Å². The molecule has 0 N–H and O–H groups in total. The van der Waals surface area contributed by atoms with Gasteiger partial charge in [-0.1, -0.05) is 26.2 Å². The topological polar surface area (TPSA) is 0 Å². The monoisotopic (exact) mass is 174 g/mol. The molecule has 0 radical (unpaired) electrons. The highest BCUT2D eigenvalue weighted by molar-refractivity contribution is 8.46. The fourth-order valence-electron chi connectivity index (χ4n) is 0.550. The van der Waals surface area contributed by atoms with E-state index in [1.807, 2.05) is 30.3 Å². The van der Waals surface area contributed by atoms with E-state index >= 15 is 0 Å². The number of thiol groups is 1. The van der Waals surface area contributed by atoms with Crippen molar-refractivity contribution < 1.29 is 0 Å². The maximum Gasteiger partial charge on any atom is 0.0130 e. The summed E-state index contributed by atoms with van der Waals surface area (Å²) in [6, 6.07) is 9.84. The number of rotatable bonds is 1. The molecule has 0 amide bonds. The van der Waals surface area contributed by atoms with Gasteiger partial charge < -0.3 is 0 Å². The lowest BCUT2D eigenvalue weighted by atomic mass is 10.4. The quantitative estimate of drug-likeness (QED) is 0.638. The van der Waals surface area contributed by atoms with Crippen LogP contribution >= 0.6 is 0 Å². The second kappa shape index (κ2) is 3.25. The summed E-state index contributed by atoms with van der Waals surface area (Å²) in [5.74, 6) is 0. The molecule has 0 aliphatic heterocycles. The smallest absolute Gasteiger partial charge is 0.0130 e. The first-order valence-electron chi connectivity index (χ1n) is 2.50.